The number of nitrogens with zero attached hydrogens (tertiary/aromatic N) is 2. The normalized spacial score (nSPS) is 23.8. The molecule has 1 saturated carbocycles. The summed E-state index contributed by atoms with van der Waals surface area (Å²) in [6, 6.07) is 7.29. The second kappa shape index (κ2) is 10.0. The third-order valence-corrected chi connectivity index (χ3v) is 8.28. The first-order valence-corrected chi connectivity index (χ1v) is 13.1. The van der Waals surface area contributed by atoms with Gasteiger partial charge in [0.05, 0.1) is 0 Å². The van der Waals surface area contributed by atoms with Crippen molar-refractivity contribution in [3.8, 4) is 0 Å². The molecule has 1 saturated heterocycles. The minimum Gasteiger partial charge on any atom is -0.384 e. The molecule has 1 atom stereocenters. The number of anilines is 2. The number of carbonyl (C=O) groups excluding carboxylic acids is 2. The largest absolute Gasteiger partial charge is 0.384 e. The zero-order valence-electron chi connectivity index (χ0n) is 20.8. The van der Waals surface area contributed by atoms with Crippen LogP contribution in [0.2, 0.25) is 0 Å². The van der Waals surface area contributed by atoms with Crippen molar-refractivity contribution < 1.29 is 14.3 Å². The van der Waals surface area contributed by atoms with Gasteiger partial charge in [-0.3, -0.25) is 14.3 Å². The van der Waals surface area contributed by atoms with Crippen LogP contribution in [0.4, 0.5) is 11.4 Å². The lowest BCUT2D eigenvalue weighted by Crippen LogP contribution is -2.49. The van der Waals surface area contributed by atoms with E-state index >= 15 is 0 Å². The highest BCUT2D eigenvalue weighted by atomic mass is 16.5. The Kier molecular flexibility index (Phi) is 6.82. The molecule has 3 N–H and O–H groups in total. The molecule has 2 fully saturated rings. The first kappa shape index (κ1) is 23.9. The summed E-state index contributed by atoms with van der Waals surface area (Å²) in [4.78, 5) is 26.7. The zero-order valence-corrected chi connectivity index (χ0v) is 20.8. The van der Waals surface area contributed by atoms with E-state index in [0.29, 0.717) is 18.2 Å². The lowest BCUT2D eigenvalue weighted by molar-refractivity contribution is -0.119. The van der Waals surface area contributed by atoms with Crippen molar-refractivity contribution in [3.05, 3.63) is 41.7 Å². The van der Waals surface area contributed by atoms with Gasteiger partial charge >= 0.3 is 0 Å². The number of amides is 2. The number of aromatic nitrogens is 2. The summed E-state index contributed by atoms with van der Waals surface area (Å²) < 4.78 is 7.24. The zero-order chi connectivity index (χ0) is 24.4. The van der Waals surface area contributed by atoms with E-state index in [-0.39, 0.29) is 23.1 Å². The summed E-state index contributed by atoms with van der Waals surface area (Å²) in [6.45, 7) is 7.29. The number of fused-ring (bicyclic) bond motifs is 2. The summed E-state index contributed by atoms with van der Waals surface area (Å²) in [5, 5.41) is 13.9. The summed E-state index contributed by atoms with van der Waals surface area (Å²) in [6.07, 6.45) is 7.67. The maximum Gasteiger partial charge on any atom is 0.270 e. The quantitative estimate of drug-likeness (QED) is 0.583. The Bertz CT molecular complexity index is 1070. The van der Waals surface area contributed by atoms with Crippen LogP contribution in [0.25, 0.3) is 0 Å². The first-order valence-electron chi connectivity index (χ1n) is 13.1. The predicted octanol–water partition coefficient (Wildman–Crippen LogP) is 3.94. The van der Waals surface area contributed by atoms with Crippen LogP contribution in [-0.2, 0) is 21.5 Å². The van der Waals surface area contributed by atoms with Crippen molar-refractivity contribution in [1.82, 2.24) is 15.1 Å². The lowest BCUT2D eigenvalue weighted by atomic mass is 9.76. The van der Waals surface area contributed by atoms with Gasteiger partial charge in [-0.2, -0.15) is 5.10 Å². The van der Waals surface area contributed by atoms with Crippen LogP contribution in [0.1, 0.15) is 68.4 Å². The van der Waals surface area contributed by atoms with Crippen molar-refractivity contribution in [1.29, 1.82) is 0 Å². The van der Waals surface area contributed by atoms with Crippen LogP contribution in [-0.4, -0.2) is 47.4 Å². The van der Waals surface area contributed by atoms with Gasteiger partial charge in [0.1, 0.15) is 11.7 Å². The monoisotopic (exact) mass is 479 g/mol. The first-order chi connectivity index (χ1) is 17.0. The predicted molar refractivity (Wildman–Crippen MR) is 136 cm³/mol. The molecule has 35 heavy (non-hydrogen) atoms. The van der Waals surface area contributed by atoms with E-state index in [4.69, 9.17) is 4.74 Å². The smallest absolute Gasteiger partial charge is 0.270 e. The minimum atomic E-state index is -0.585. The van der Waals surface area contributed by atoms with E-state index in [0.717, 1.165) is 69.7 Å². The van der Waals surface area contributed by atoms with E-state index in [1.807, 2.05) is 19.1 Å². The SMILES string of the molecule is CCn1nccc1C(=O)N[C@H](C(=O)Nc1ccc2c(c1)NCC21CCOCC1)C1CCC(C)CC1. The Hall–Kier alpha value is -2.87. The van der Waals surface area contributed by atoms with Crippen molar-refractivity contribution in [2.75, 3.05) is 30.4 Å². The van der Waals surface area contributed by atoms with E-state index < -0.39 is 6.04 Å². The molecule has 3 heterocycles. The molecule has 188 valence electrons. The topological polar surface area (TPSA) is 97.3 Å². The fraction of sp³-hybridized carbons (Fsp3) is 0.593. The van der Waals surface area contributed by atoms with E-state index in [9.17, 15) is 9.59 Å². The average molecular weight is 480 g/mol. The van der Waals surface area contributed by atoms with E-state index in [1.54, 1.807) is 16.9 Å². The van der Waals surface area contributed by atoms with Gasteiger partial charge in [0, 0.05) is 49.3 Å². The van der Waals surface area contributed by atoms with Gasteiger partial charge in [0.25, 0.3) is 5.91 Å². The minimum absolute atomic E-state index is 0.117. The van der Waals surface area contributed by atoms with Gasteiger partial charge in [-0.25, -0.2) is 0 Å². The van der Waals surface area contributed by atoms with Gasteiger partial charge in [-0.1, -0.05) is 25.8 Å². The lowest BCUT2D eigenvalue weighted by Gasteiger charge is -2.33. The van der Waals surface area contributed by atoms with Gasteiger partial charge in [-0.05, 0) is 68.2 Å². The molecule has 0 radical (unpaired) electrons. The van der Waals surface area contributed by atoms with Crippen LogP contribution in [0.15, 0.2) is 30.5 Å². The molecular weight excluding hydrogens is 442 g/mol. The molecule has 0 bridgehead atoms. The number of rotatable bonds is 6. The van der Waals surface area contributed by atoms with Crippen molar-refractivity contribution in [2.45, 2.75) is 70.4 Å². The number of ether oxygens (including phenoxy) is 1. The number of hydrogen-bond acceptors (Lipinski definition) is 5. The fourth-order valence-electron chi connectivity index (χ4n) is 6.03. The molecule has 0 unspecified atom stereocenters. The Morgan fingerprint density at radius 2 is 1.97 bits per heavy atom. The summed E-state index contributed by atoms with van der Waals surface area (Å²) >= 11 is 0. The van der Waals surface area contributed by atoms with Crippen LogP contribution < -0.4 is 16.0 Å². The Morgan fingerprint density at radius 3 is 2.71 bits per heavy atom. The molecule has 8 nitrogen and oxygen atoms in total. The third-order valence-electron chi connectivity index (χ3n) is 8.28. The van der Waals surface area contributed by atoms with Crippen LogP contribution >= 0.6 is 0 Å². The Labute approximate surface area is 207 Å². The van der Waals surface area contributed by atoms with Gasteiger partial charge in [-0.15, -0.1) is 0 Å². The standard InChI is InChI=1S/C27H37N5O3/c1-3-32-23(10-13-29-32)25(33)31-24(19-6-4-18(2)5-7-19)26(34)30-20-8-9-21-22(16-20)28-17-27(21)11-14-35-15-12-27/h8-10,13,16,18-19,24,28H,3-7,11-12,14-15,17H2,1-2H3,(H,30,34)(H,31,33)/t18?,19?,24-/m0/s1. The number of carbonyl (C=O) groups is 2. The Balaban J connectivity index is 1.33. The van der Waals surface area contributed by atoms with Crippen molar-refractivity contribution >= 4 is 23.2 Å². The highest BCUT2D eigenvalue weighted by molar-refractivity contribution is 6.01. The highest BCUT2D eigenvalue weighted by Crippen LogP contribution is 2.44. The number of benzene rings is 1. The molecule has 5 rings (SSSR count). The molecule has 3 aliphatic rings. The number of aryl methyl sites for hydroxylation is 1. The maximum atomic E-state index is 13.6. The second-order valence-corrected chi connectivity index (χ2v) is 10.5. The molecule has 1 aromatic carbocycles. The van der Waals surface area contributed by atoms with E-state index in [1.165, 1.54) is 5.56 Å². The van der Waals surface area contributed by atoms with Crippen LogP contribution in [0, 0.1) is 11.8 Å². The van der Waals surface area contributed by atoms with E-state index in [2.05, 4.69) is 34.0 Å². The summed E-state index contributed by atoms with van der Waals surface area (Å²) in [5.74, 6) is 0.373. The molecular formula is C27H37N5O3. The maximum absolute atomic E-state index is 13.6. The molecule has 1 aromatic heterocycles. The highest BCUT2D eigenvalue weighted by Gasteiger charge is 2.40. The van der Waals surface area contributed by atoms with Gasteiger partial charge < -0.3 is 20.7 Å². The Morgan fingerprint density at radius 1 is 1.20 bits per heavy atom. The molecule has 2 aromatic rings. The van der Waals surface area contributed by atoms with Crippen LogP contribution in [0.5, 0.6) is 0 Å². The summed E-state index contributed by atoms with van der Waals surface area (Å²) in [7, 11) is 0. The van der Waals surface area contributed by atoms with Gasteiger partial charge in [0.15, 0.2) is 0 Å². The number of hydrogen-bond donors (Lipinski definition) is 3. The summed E-state index contributed by atoms with van der Waals surface area (Å²) in [5.41, 5.74) is 3.78. The molecule has 2 aliphatic heterocycles. The van der Waals surface area contributed by atoms with Crippen molar-refractivity contribution in [3.63, 3.8) is 0 Å². The fourth-order valence-corrected chi connectivity index (χ4v) is 6.03. The van der Waals surface area contributed by atoms with Crippen LogP contribution in [0.3, 0.4) is 0 Å². The molecule has 2 amide bonds. The molecule has 8 heteroatoms. The molecule has 1 spiro atoms. The van der Waals surface area contributed by atoms with Gasteiger partial charge in [0.2, 0.25) is 5.91 Å². The molecule has 1 aliphatic carbocycles. The third kappa shape index (κ3) is 4.81. The average Bonchev–Trinajstić information content (AvgIpc) is 3.49. The number of nitrogens with one attached hydrogen (secondary N) is 3. The van der Waals surface area contributed by atoms with Crippen molar-refractivity contribution in [2.24, 2.45) is 11.8 Å². The second-order valence-electron chi connectivity index (χ2n) is 10.5.